The number of nitrogens with zero attached hydrogens (tertiary/aromatic N) is 2. The van der Waals surface area contributed by atoms with E-state index in [1.54, 1.807) is 60.7 Å². The maximum Gasteiger partial charge on any atom is 0.270 e. The van der Waals surface area contributed by atoms with Gasteiger partial charge in [0.05, 0.1) is 10.6 Å². The van der Waals surface area contributed by atoms with Crippen LogP contribution in [0.2, 0.25) is 0 Å². The summed E-state index contributed by atoms with van der Waals surface area (Å²) in [7, 11) is 0. The second kappa shape index (κ2) is 9.41. The number of nitro groups is 1. The third-order valence-corrected chi connectivity index (χ3v) is 5.14. The summed E-state index contributed by atoms with van der Waals surface area (Å²) in [6, 6.07) is 21.8. The fourth-order valence-corrected chi connectivity index (χ4v) is 3.46. The molecule has 0 aliphatic carbocycles. The molecule has 3 aromatic carbocycles. The van der Waals surface area contributed by atoms with Crippen molar-refractivity contribution in [2.24, 2.45) is 0 Å². The number of carbonyl (C=O) groups is 2. The van der Waals surface area contributed by atoms with Gasteiger partial charge in [-0.05, 0) is 65.8 Å². The summed E-state index contributed by atoms with van der Waals surface area (Å²) in [5.41, 5.74) is 1.97. The predicted molar refractivity (Wildman–Crippen MR) is 127 cm³/mol. The Morgan fingerprint density at radius 3 is 2.27 bits per heavy atom. The average Bonchev–Trinajstić information content (AvgIpc) is 2.82. The van der Waals surface area contributed by atoms with E-state index >= 15 is 0 Å². The molecule has 0 unspecified atom stereocenters. The van der Waals surface area contributed by atoms with Gasteiger partial charge in [0.25, 0.3) is 17.5 Å². The van der Waals surface area contributed by atoms with Crippen LogP contribution in [0.15, 0.2) is 84.4 Å². The molecule has 1 N–H and O–H groups in total. The van der Waals surface area contributed by atoms with Gasteiger partial charge >= 0.3 is 0 Å². The van der Waals surface area contributed by atoms with E-state index in [4.69, 9.17) is 17.0 Å². The van der Waals surface area contributed by atoms with Crippen molar-refractivity contribution in [3.05, 3.63) is 106 Å². The van der Waals surface area contributed by atoms with E-state index in [9.17, 15) is 19.7 Å². The Morgan fingerprint density at radius 2 is 1.64 bits per heavy atom. The number of nitrogens with one attached hydrogen (secondary N) is 1. The molecule has 1 heterocycles. The molecule has 1 aliphatic heterocycles. The zero-order valence-electron chi connectivity index (χ0n) is 17.1. The van der Waals surface area contributed by atoms with Crippen LogP contribution < -0.4 is 15.0 Å². The number of carbonyl (C=O) groups excluding carboxylic acids is 2. The van der Waals surface area contributed by atoms with Crippen LogP contribution in [-0.2, 0) is 16.2 Å². The van der Waals surface area contributed by atoms with Gasteiger partial charge in [-0.25, -0.2) is 0 Å². The Kier molecular flexibility index (Phi) is 6.23. The Bertz CT molecular complexity index is 1260. The largest absolute Gasteiger partial charge is 0.489 e. The van der Waals surface area contributed by atoms with Crippen LogP contribution in [0.5, 0.6) is 5.75 Å². The summed E-state index contributed by atoms with van der Waals surface area (Å²) in [6.45, 7) is 0.239. The van der Waals surface area contributed by atoms with Crippen LogP contribution in [0, 0.1) is 10.1 Å². The molecule has 8 nitrogen and oxygen atoms in total. The van der Waals surface area contributed by atoms with Gasteiger partial charge in [-0.2, -0.15) is 0 Å². The van der Waals surface area contributed by atoms with Gasteiger partial charge in [-0.3, -0.25) is 29.9 Å². The van der Waals surface area contributed by atoms with Crippen LogP contribution in [0.3, 0.4) is 0 Å². The summed E-state index contributed by atoms with van der Waals surface area (Å²) in [6.07, 6.45) is 1.50. The second-order valence-electron chi connectivity index (χ2n) is 7.07. The third-order valence-electron chi connectivity index (χ3n) is 4.86. The molecule has 1 aliphatic rings. The number of thiocarbonyl (C=S) groups is 1. The normalized spacial score (nSPS) is 14.8. The van der Waals surface area contributed by atoms with Crippen molar-refractivity contribution < 1.29 is 19.2 Å². The fourth-order valence-electron chi connectivity index (χ4n) is 3.18. The van der Waals surface area contributed by atoms with Gasteiger partial charge in [0.15, 0.2) is 5.11 Å². The molecular formula is C24H17N3O5S. The number of hydrogen-bond donors (Lipinski definition) is 1. The van der Waals surface area contributed by atoms with E-state index < -0.39 is 16.7 Å². The van der Waals surface area contributed by atoms with E-state index in [2.05, 4.69) is 5.32 Å². The first kappa shape index (κ1) is 21.8. The molecule has 2 amide bonds. The highest BCUT2D eigenvalue weighted by molar-refractivity contribution is 7.80. The number of para-hydroxylation sites is 1. The Morgan fingerprint density at radius 1 is 0.970 bits per heavy atom. The lowest BCUT2D eigenvalue weighted by atomic mass is 10.1. The number of hydrogen-bond acceptors (Lipinski definition) is 6. The lowest BCUT2D eigenvalue weighted by Crippen LogP contribution is -2.54. The smallest absolute Gasteiger partial charge is 0.270 e. The minimum atomic E-state index is -0.560. The fraction of sp³-hybridized carbons (Fsp3) is 0.0417. The number of nitro benzene ring substituents is 1. The summed E-state index contributed by atoms with van der Waals surface area (Å²) in [5, 5.41) is 13.3. The molecular weight excluding hydrogens is 442 g/mol. The van der Waals surface area contributed by atoms with Gasteiger partial charge in [0, 0.05) is 12.1 Å². The molecule has 0 atom stereocenters. The molecule has 33 heavy (non-hydrogen) atoms. The number of non-ortho nitro benzene ring substituents is 1. The van der Waals surface area contributed by atoms with E-state index in [-0.39, 0.29) is 23.0 Å². The Balaban J connectivity index is 1.47. The summed E-state index contributed by atoms with van der Waals surface area (Å²) >= 11 is 5.18. The van der Waals surface area contributed by atoms with Crippen molar-refractivity contribution >= 4 is 46.6 Å². The Hall–Kier alpha value is -4.37. The zero-order valence-corrected chi connectivity index (χ0v) is 18.0. The van der Waals surface area contributed by atoms with E-state index in [0.29, 0.717) is 17.0 Å². The summed E-state index contributed by atoms with van der Waals surface area (Å²) in [4.78, 5) is 36.9. The van der Waals surface area contributed by atoms with Crippen molar-refractivity contribution in [3.8, 4) is 5.75 Å². The molecule has 0 aromatic heterocycles. The molecule has 164 valence electrons. The highest BCUT2D eigenvalue weighted by atomic mass is 32.1. The van der Waals surface area contributed by atoms with Crippen LogP contribution in [0.1, 0.15) is 11.1 Å². The van der Waals surface area contributed by atoms with Gasteiger partial charge in [-0.15, -0.1) is 0 Å². The number of anilines is 1. The molecule has 0 bridgehead atoms. The van der Waals surface area contributed by atoms with E-state index in [1.165, 1.54) is 23.1 Å². The lowest BCUT2D eigenvalue weighted by Gasteiger charge is -2.28. The highest BCUT2D eigenvalue weighted by Crippen LogP contribution is 2.23. The SMILES string of the molecule is O=C1NC(=S)N(c2ccccc2)C(=O)/C1=C\c1ccc(OCc2ccc([N+](=O)[O-])cc2)cc1. The topological polar surface area (TPSA) is 102 Å². The minimum Gasteiger partial charge on any atom is -0.489 e. The first-order valence-corrected chi connectivity index (χ1v) is 10.3. The lowest BCUT2D eigenvalue weighted by molar-refractivity contribution is -0.384. The van der Waals surface area contributed by atoms with Crippen LogP contribution in [-0.4, -0.2) is 21.9 Å². The molecule has 1 fully saturated rings. The van der Waals surface area contributed by atoms with Crippen molar-refractivity contribution in [1.29, 1.82) is 0 Å². The quantitative estimate of drug-likeness (QED) is 0.197. The zero-order chi connectivity index (χ0) is 23.4. The maximum absolute atomic E-state index is 13.0. The second-order valence-corrected chi connectivity index (χ2v) is 7.46. The van der Waals surface area contributed by atoms with Crippen molar-refractivity contribution in [3.63, 3.8) is 0 Å². The van der Waals surface area contributed by atoms with Crippen molar-refractivity contribution in [2.45, 2.75) is 6.61 Å². The molecule has 0 radical (unpaired) electrons. The summed E-state index contributed by atoms with van der Waals surface area (Å²) < 4.78 is 5.71. The molecule has 0 saturated carbocycles. The number of amides is 2. The van der Waals surface area contributed by atoms with Gasteiger partial charge in [0.2, 0.25) is 0 Å². The van der Waals surface area contributed by atoms with Gasteiger partial charge in [0.1, 0.15) is 17.9 Å². The van der Waals surface area contributed by atoms with E-state index in [1.807, 2.05) is 6.07 Å². The van der Waals surface area contributed by atoms with E-state index in [0.717, 1.165) is 5.56 Å². The third kappa shape index (κ3) is 4.94. The minimum absolute atomic E-state index is 0.0176. The first-order chi connectivity index (χ1) is 15.9. The number of ether oxygens (including phenoxy) is 1. The van der Waals surface area contributed by atoms with Crippen molar-refractivity contribution in [1.82, 2.24) is 5.32 Å². The summed E-state index contributed by atoms with van der Waals surface area (Å²) in [5.74, 6) is -0.494. The predicted octanol–water partition coefficient (Wildman–Crippen LogP) is 4.01. The highest BCUT2D eigenvalue weighted by Gasteiger charge is 2.34. The van der Waals surface area contributed by atoms with Crippen LogP contribution in [0.4, 0.5) is 11.4 Å². The van der Waals surface area contributed by atoms with Crippen LogP contribution >= 0.6 is 12.2 Å². The monoisotopic (exact) mass is 459 g/mol. The molecule has 9 heteroatoms. The molecule has 1 saturated heterocycles. The maximum atomic E-state index is 13.0. The molecule has 0 spiro atoms. The van der Waals surface area contributed by atoms with Gasteiger partial charge in [-0.1, -0.05) is 30.3 Å². The molecule has 3 aromatic rings. The number of rotatable bonds is 6. The standard InChI is InChI=1S/C24H17N3O5S/c28-22-21(23(29)26(24(33)25-22)18-4-2-1-3-5-18)14-16-8-12-20(13-9-16)32-15-17-6-10-19(11-7-17)27(30)31/h1-14H,15H2,(H,25,28,33)/b21-14-. The molecule has 4 rings (SSSR count). The first-order valence-electron chi connectivity index (χ1n) is 9.85. The van der Waals surface area contributed by atoms with Gasteiger partial charge < -0.3 is 4.74 Å². The average molecular weight is 459 g/mol. The van der Waals surface area contributed by atoms with Crippen LogP contribution in [0.25, 0.3) is 6.08 Å². The number of benzene rings is 3. The Labute approximate surface area is 194 Å². The van der Waals surface area contributed by atoms with Crippen molar-refractivity contribution in [2.75, 3.05) is 4.90 Å².